The van der Waals surface area contributed by atoms with Crippen LogP contribution in [0.3, 0.4) is 0 Å². The fourth-order valence-corrected chi connectivity index (χ4v) is 4.90. The Morgan fingerprint density at radius 2 is 1.91 bits per heavy atom. The van der Waals surface area contributed by atoms with Crippen LogP contribution in [0.1, 0.15) is 51.4 Å². The van der Waals surface area contributed by atoms with Crippen molar-refractivity contribution in [2.24, 2.45) is 5.92 Å². The van der Waals surface area contributed by atoms with E-state index in [0.717, 1.165) is 32.2 Å². The molecule has 3 fully saturated rings. The highest BCUT2D eigenvalue weighted by Crippen LogP contribution is 2.34. The van der Waals surface area contributed by atoms with E-state index in [1.807, 2.05) is 0 Å². The number of rotatable bonds is 5. The Morgan fingerprint density at radius 3 is 2.57 bits per heavy atom. The second kappa shape index (κ2) is 9.00. The Morgan fingerprint density at radius 1 is 1.13 bits per heavy atom. The molecule has 2 aliphatic carbocycles. The molecule has 0 amide bonds. The molecular formula is C18H36ClN3O. The molecule has 0 spiro atoms. The lowest BCUT2D eigenvalue weighted by Gasteiger charge is -2.44. The highest BCUT2D eigenvalue weighted by Gasteiger charge is 2.38. The van der Waals surface area contributed by atoms with Gasteiger partial charge in [-0.3, -0.25) is 0 Å². The Labute approximate surface area is 148 Å². The van der Waals surface area contributed by atoms with Crippen molar-refractivity contribution in [3.8, 4) is 0 Å². The standard InChI is InChI=1S/C18H35N3O.ClH/c1-21(2)18(9-4-3-5-10-18)14-20-16-8-6-7-15(16)17-13-22-12-11-19-17;/h15-17,19-20H,3-14H2,1-2H3;1H. The van der Waals surface area contributed by atoms with E-state index in [4.69, 9.17) is 4.74 Å². The molecule has 1 saturated heterocycles. The molecule has 23 heavy (non-hydrogen) atoms. The van der Waals surface area contributed by atoms with Gasteiger partial charge in [0.2, 0.25) is 0 Å². The lowest BCUT2D eigenvalue weighted by atomic mass is 9.80. The molecule has 4 nitrogen and oxygen atoms in total. The van der Waals surface area contributed by atoms with Gasteiger partial charge in [-0.2, -0.15) is 0 Å². The number of hydrogen-bond acceptors (Lipinski definition) is 4. The first-order valence-electron chi connectivity index (χ1n) is 9.43. The zero-order valence-electron chi connectivity index (χ0n) is 15.0. The zero-order chi connectivity index (χ0) is 15.4. The van der Waals surface area contributed by atoms with Gasteiger partial charge in [0.25, 0.3) is 0 Å². The summed E-state index contributed by atoms with van der Waals surface area (Å²) in [7, 11) is 4.55. The molecule has 0 aromatic carbocycles. The lowest BCUT2D eigenvalue weighted by Crippen LogP contribution is -2.57. The van der Waals surface area contributed by atoms with Gasteiger partial charge >= 0.3 is 0 Å². The van der Waals surface area contributed by atoms with Crippen LogP contribution in [-0.2, 0) is 4.74 Å². The summed E-state index contributed by atoms with van der Waals surface area (Å²) < 4.78 is 5.70. The van der Waals surface area contributed by atoms with Crippen LogP contribution in [-0.4, -0.2) is 62.9 Å². The summed E-state index contributed by atoms with van der Waals surface area (Å²) in [5, 5.41) is 7.67. The SMILES string of the molecule is CN(C)C1(CNC2CCCC2C2COCCN2)CCCCC1.Cl. The number of likely N-dealkylation sites (N-methyl/N-ethyl adjacent to an activating group) is 1. The minimum Gasteiger partial charge on any atom is -0.379 e. The smallest absolute Gasteiger partial charge is 0.0623 e. The van der Waals surface area contributed by atoms with Crippen molar-refractivity contribution in [3.63, 3.8) is 0 Å². The molecule has 3 rings (SSSR count). The van der Waals surface area contributed by atoms with Crippen LogP contribution in [0.2, 0.25) is 0 Å². The van der Waals surface area contributed by atoms with Crippen molar-refractivity contribution >= 4 is 12.4 Å². The molecule has 2 saturated carbocycles. The third-order valence-electron chi connectivity index (χ3n) is 6.46. The van der Waals surface area contributed by atoms with Gasteiger partial charge < -0.3 is 20.3 Å². The van der Waals surface area contributed by atoms with Crippen molar-refractivity contribution in [2.45, 2.75) is 69.0 Å². The Balaban J connectivity index is 0.00000192. The van der Waals surface area contributed by atoms with Crippen LogP contribution in [0.25, 0.3) is 0 Å². The largest absolute Gasteiger partial charge is 0.379 e. The molecule has 0 radical (unpaired) electrons. The summed E-state index contributed by atoms with van der Waals surface area (Å²) in [5.74, 6) is 0.753. The van der Waals surface area contributed by atoms with Gasteiger partial charge in [-0.1, -0.05) is 25.7 Å². The normalized spacial score (nSPS) is 34.3. The maximum Gasteiger partial charge on any atom is 0.0623 e. The lowest BCUT2D eigenvalue weighted by molar-refractivity contribution is 0.0485. The average Bonchev–Trinajstić information content (AvgIpc) is 3.03. The Bertz CT molecular complexity index is 341. The number of nitrogens with one attached hydrogen (secondary N) is 2. The number of halogens is 1. The summed E-state index contributed by atoms with van der Waals surface area (Å²) in [6.07, 6.45) is 11.0. The number of nitrogens with zero attached hydrogens (tertiary/aromatic N) is 1. The zero-order valence-corrected chi connectivity index (χ0v) is 15.8. The summed E-state index contributed by atoms with van der Waals surface area (Å²) in [4.78, 5) is 2.49. The van der Waals surface area contributed by atoms with E-state index in [-0.39, 0.29) is 12.4 Å². The Kier molecular flexibility index (Phi) is 7.61. The maximum atomic E-state index is 5.70. The quantitative estimate of drug-likeness (QED) is 0.802. The fourth-order valence-electron chi connectivity index (χ4n) is 4.90. The third kappa shape index (κ3) is 4.60. The molecule has 3 aliphatic rings. The molecule has 0 aromatic rings. The van der Waals surface area contributed by atoms with E-state index in [9.17, 15) is 0 Å². The van der Waals surface area contributed by atoms with Crippen molar-refractivity contribution in [3.05, 3.63) is 0 Å². The van der Waals surface area contributed by atoms with Crippen LogP contribution in [0, 0.1) is 5.92 Å². The van der Waals surface area contributed by atoms with Gasteiger partial charge in [0, 0.05) is 30.7 Å². The minimum atomic E-state index is 0. The fraction of sp³-hybridized carbons (Fsp3) is 1.00. The molecule has 1 heterocycles. The third-order valence-corrected chi connectivity index (χ3v) is 6.46. The van der Waals surface area contributed by atoms with Crippen LogP contribution >= 0.6 is 12.4 Å². The predicted octanol–water partition coefficient (Wildman–Crippen LogP) is 2.42. The van der Waals surface area contributed by atoms with Crippen molar-refractivity contribution < 1.29 is 4.74 Å². The van der Waals surface area contributed by atoms with Crippen LogP contribution in [0.15, 0.2) is 0 Å². The second-order valence-corrected chi connectivity index (χ2v) is 7.90. The summed E-state index contributed by atoms with van der Waals surface area (Å²) in [6.45, 7) is 3.97. The van der Waals surface area contributed by atoms with E-state index >= 15 is 0 Å². The molecule has 5 heteroatoms. The van der Waals surface area contributed by atoms with Gasteiger partial charge in [0.1, 0.15) is 0 Å². The van der Waals surface area contributed by atoms with E-state index in [2.05, 4.69) is 29.6 Å². The minimum absolute atomic E-state index is 0. The van der Waals surface area contributed by atoms with Crippen molar-refractivity contribution in [2.75, 3.05) is 40.4 Å². The van der Waals surface area contributed by atoms with Gasteiger partial charge in [0.15, 0.2) is 0 Å². The summed E-state index contributed by atoms with van der Waals surface area (Å²) in [5.41, 5.74) is 0.391. The molecule has 0 bridgehead atoms. The van der Waals surface area contributed by atoms with E-state index in [0.29, 0.717) is 17.6 Å². The molecule has 3 unspecified atom stereocenters. The summed E-state index contributed by atoms with van der Waals surface area (Å²) in [6, 6.07) is 1.24. The number of ether oxygens (including phenoxy) is 1. The van der Waals surface area contributed by atoms with Crippen LogP contribution < -0.4 is 10.6 Å². The van der Waals surface area contributed by atoms with E-state index in [1.54, 1.807) is 0 Å². The molecule has 0 aromatic heterocycles. The highest BCUT2D eigenvalue weighted by molar-refractivity contribution is 5.85. The molecular weight excluding hydrogens is 310 g/mol. The van der Waals surface area contributed by atoms with Crippen molar-refractivity contribution in [1.29, 1.82) is 0 Å². The van der Waals surface area contributed by atoms with Gasteiger partial charge in [-0.15, -0.1) is 12.4 Å². The second-order valence-electron chi connectivity index (χ2n) is 7.90. The van der Waals surface area contributed by atoms with Gasteiger partial charge in [-0.05, 0) is 45.7 Å². The Hall–Kier alpha value is 0.130. The molecule has 3 atom stereocenters. The topological polar surface area (TPSA) is 36.5 Å². The van der Waals surface area contributed by atoms with Crippen LogP contribution in [0.5, 0.6) is 0 Å². The van der Waals surface area contributed by atoms with Crippen molar-refractivity contribution in [1.82, 2.24) is 15.5 Å². The average molecular weight is 346 g/mol. The first kappa shape index (κ1) is 19.5. The molecule has 2 N–H and O–H groups in total. The molecule has 1 aliphatic heterocycles. The predicted molar refractivity (Wildman–Crippen MR) is 98.5 cm³/mol. The van der Waals surface area contributed by atoms with E-state index < -0.39 is 0 Å². The number of morpholine rings is 1. The van der Waals surface area contributed by atoms with E-state index in [1.165, 1.54) is 51.4 Å². The number of hydrogen-bond donors (Lipinski definition) is 2. The van der Waals surface area contributed by atoms with Gasteiger partial charge in [-0.25, -0.2) is 0 Å². The monoisotopic (exact) mass is 345 g/mol. The summed E-state index contributed by atoms with van der Waals surface area (Å²) >= 11 is 0. The highest BCUT2D eigenvalue weighted by atomic mass is 35.5. The first-order valence-corrected chi connectivity index (χ1v) is 9.43. The first-order chi connectivity index (χ1) is 10.7. The molecule has 136 valence electrons. The maximum absolute atomic E-state index is 5.70. The van der Waals surface area contributed by atoms with Crippen LogP contribution in [0.4, 0.5) is 0 Å². The van der Waals surface area contributed by atoms with Gasteiger partial charge in [0.05, 0.1) is 13.2 Å².